The monoisotopic (exact) mass is 320 g/mol. The second-order valence-electron chi connectivity index (χ2n) is 4.47. The van der Waals surface area contributed by atoms with Crippen molar-refractivity contribution in [2.45, 2.75) is 12.8 Å². The Morgan fingerprint density at radius 2 is 2.17 bits per heavy atom. The molecular formula is C13H18N7O3+. The Labute approximate surface area is 131 Å². The molecule has 0 aromatic carbocycles. The van der Waals surface area contributed by atoms with Crippen LogP contribution in [0.4, 0.5) is 0 Å². The predicted octanol–water partition coefficient (Wildman–Crippen LogP) is -0.706. The summed E-state index contributed by atoms with van der Waals surface area (Å²) in [5.41, 5.74) is 0.577. The predicted molar refractivity (Wildman–Crippen MR) is 78.4 cm³/mol. The third kappa shape index (κ3) is 5.13. The van der Waals surface area contributed by atoms with Crippen LogP contribution in [-0.2, 0) is 6.54 Å². The Morgan fingerprint density at radius 1 is 1.30 bits per heavy atom. The van der Waals surface area contributed by atoms with Gasteiger partial charge in [0.2, 0.25) is 6.23 Å². The van der Waals surface area contributed by atoms with Crippen molar-refractivity contribution in [2.24, 2.45) is 20.4 Å². The number of hydrogen-bond acceptors (Lipinski definition) is 6. The zero-order valence-electron chi connectivity index (χ0n) is 12.3. The number of imidazole rings is 1. The maximum atomic E-state index is 9.75. The van der Waals surface area contributed by atoms with E-state index in [1.54, 1.807) is 16.8 Å². The van der Waals surface area contributed by atoms with Crippen LogP contribution in [0, 0.1) is 0 Å². The van der Waals surface area contributed by atoms with Crippen LogP contribution in [0.25, 0.3) is 0 Å². The quantitative estimate of drug-likeness (QED) is 0.156. The summed E-state index contributed by atoms with van der Waals surface area (Å²) in [6.45, 7) is 0.437. The molecule has 0 fully saturated rings. The van der Waals surface area contributed by atoms with E-state index in [9.17, 15) is 5.11 Å². The molecule has 2 aromatic rings. The molecule has 3 N–H and O–H groups in total. The van der Waals surface area contributed by atoms with Gasteiger partial charge in [-0.2, -0.15) is 5.11 Å². The van der Waals surface area contributed by atoms with E-state index < -0.39 is 6.23 Å². The lowest BCUT2D eigenvalue weighted by Gasteiger charge is -2.02. The van der Waals surface area contributed by atoms with Gasteiger partial charge in [-0.1, -0.05) is 10.8 Å². The minimum atomic E-state index is -0.932. The first-order valence-electron chi connectivity index (χ1n) is 6.85. The van der Waals surface area contributed by atoms with Crippen LogP contribution in [0.2, 0.25) is 0 Å². The molecule has 122 valence electrons. The SMILES string of the molecule is OCCn1ccccc1=NN=CN=NCC(O)[n+]1ccn(O)c1. The highest BCUT2D eigenvalue weighted by Crippen LogP contribution is 1.91. The Hall–Kier alpha value is -2.85. The number of aliphatic hydroxyl groups excluding tert-OH is 2. The lowest BCUT2D eigenvalue weighted by molar-refractivity contribution is -0.757. The number of azo groups is 1. The van der Waals surface area contributed by atoms with Crippen LogP contribution in [0.3, 0.4) is 0 Å². The van der Waals surface area contributed by atoms with Gasteiger partial charge in [0.05, 0.1) is 6.61 Å². The fourth-order valence-corrected chi connectivity index (χ4v) is 1.75. The number of nitrogens with zero attached hydrogens (tertiary/aromatic N) is 7. The normalized spacial score (nSPS) is 14.1. The molecule has 0 saturated carbocycles. The van der Waals surface area contributed by atoms with Crippen LogP contribution in [0.5, 0.6) is 0 Å². The molecule has 0 spiro atoms. The molecule has 10 nitrogen and oxygen atoms in total. The van der Waals surface area contributed by atoms with Crippen molar-refractivity contribution in [3.63, 3.8) is 0 Å². The summed E-state index contributed by atoms with van der Waals surface area (Å²) in [6.07, 6.45) is 6.19. The van der Waals surface area contributed by atoms with Gasteiger partial charge < -0.3 is 20.0 Å². The van der Waals surface area contributed by atoms with E-state index in [1.807, 2.05) is 12.1 Å². The van der Waals surface area contributed by atoms with Crippen LogP contribution in [-0.4, -0.2) is 44.2 Å². The van der Waals surface area contributed by atoms with Gasteiger partial charge >= 0.3 is 0 Å². The Balaban J connectivity index is 1.90. The average Bonchev–Trinajstić information content (AvgIpc) is 2.99. The third-order valence-corrected chi connectivity index (χ3v) is 2.83. The molecule has 23 heavy (non-hydrogen) atoms. The van der Waals surface area contributed by atoms with E-state index in [0.29, 0.717) is 12.0 Å². The molecular weight excluding hydrogens is 302 g/mol. The second-order valence-corrected chi connectivity index (χ2v) is 4.47. The average molecular weight is 320 g/mol. The van der Waals surface area contributed by atoms with Crippen molar-refractivity contribution in [1.29, 1.82) is 0 Å². The summed E-state index contributed by atoms with van der Waals surface area (Å²) in [5, 5.41) is 43.0. The number of rotatable bonds is 7. The number of aliphatic hydroxyl groups is 2. The Kier molecular flexibility index (Phi) is 6.15. The Morgan fingerprint density at radius 3 is 2.91 bits per heavy atom. The first-order chi connectivity index (χ1) is 11.2. The Bertz CT molecular complexity index is 735. The minimum Gasteiger partial charge on any atom is -0.395 e. The lowest BCUT2D eigenvalue weighted by atomic mass is 10.4. The summed E-state index contributed by atoms with van der Waals surface area (Å²) >= 11 is 0. The van der Waals surface area contributed by atoms with Gasteiger partial charge in [-0.3, -0.25) is 0 Å². The van der Waals surface area contributed by atoms with Gasteiger partial charge in [0.1, 0.15) is 12.7 Å². The van der Waals surface area contributed by atoms with Crippen molar-refractivity contribution < 1.29 is 20.0 Å². The highest BCUT2D eigenvalue weighted by molar-refractivity contribution is 5.53. The molecule has 0 aliphatic carbocycles. The molecule has 1 atom stereocenters. The first-order valence-corrected chi connectivity index (χ1v) is 6.85. The van der Waals surface area contributed by atoms with Gasteiger partial charge in [-0.25, -0.2) is 4.57 Å². The molecule has 0 saturated heterocycles. The standard InChI is InChI=1S/C13H18N7O3/c21-8-7-18-4-2-1-3-12(18)17-16-10-15-14-9-13(22)19-5-6-20(23)11-19/h1-6,10-11,13,21-23H,7-9H2/q+1. The molecule has 0 bridgehead atoms. The van der Waals surface area contributed by atoms with Gasteiger partial charge in [0.25, 0.3) is 6.33 Å². The van der Waals surface area contributed by atoms with Crippen molar-refractivity contribution in [3.05, 3.63) is 48.6 Å². The molecule has 10 heteroatoms. The first kappa shape index (κ1) is 16.5. The van der Waals surface area contributed by atoms with Crippen molar-refractivity contribution in [1.82, 2.24) is 9.30 Å². The maximum Gasteiger partial charge on any atom is 0.286 e. The number of pyridine rings is 1. The summed E-state index contributed by atoms with van der Waals surface area (Å²) in [6, 6.07) is 5.39. The van der Waals surface area contributed by atoms with Crippen LogP contribution in [0.1, 0.15) is 6.23 Å². The van der Waals surface area contributed by atoms with E-state index in [4.69, 9.17) is 10.3 Å². The van der Waals surface area contributed by atoms with E-state index in [1.165, 1.54) is 23.3 Å². The topological polar surface area (TPSA) is 124 Å². The fourth-order valence-electron chi connectivity index (χ4n) is 1.75. The van der Waals surface area contributed by atoms with Gasteiger partial charge in [0.15, 0.2) is 18.0 Å². The number of hydrogen-bond donors (Lipinski definition) is 3. The fraction of sp³-hybridized carbons (Fsp3) is 0.308. The highest BCUT2D eigenvalue weighted by Gasteiger charge is 2.12. The van der Waals surface area contributed by atoms with Gasteiger partial charge in [0, 0.05) is 12.7 Å². The van der Waals surface area contributed by atoms with Crippen molar-refractivity contribution >= 4 is 6.34 Å². The van der Waals surface area contributed by atoms with Gasteiger partial charge in [-0.05, 0) is 12.1 Å². The smallest absolute Gasteiger partial charge is 0.286 e. The van der Waals surface area contributed by atoms with Crippen LogP contribution >= 0.6 is 0 Å². The zero-order chi connectivity index (χ0) is 16.5. The van der Waals surface area contributed by atoms with Crippen molar-refractivity contribution in [2.75, 3.05) is 13.2 Å². The molecule has 0 amide bonds. The number of aromatic nitrogens is 3. The summed E-state index contributed by atoms with van der Waals surface area (Å²) in [5.74, 6) is 0. The zero-order valence-corrected chi connectivity index (χ0v) is 12.3. The summed E-state index contributed by atoms with van der Waals surface area (Å²) in [7, 11) is 0. The minimum absolute atomic E-state index is 0.00570. The third-order valence-electron chi connectivity index (χ3n) is 2.83. The largest absolute Gasteiger partial charge is 0.395 e. The van der Waals surface area contributed by atoms with E-state index in [-0.39, 0.29) is 13.2 Å². The molecule has 2 heterocycles. The highest BCUT2D eigenvalue weighted by atomic mass is 16.5. The van der Waals surface area contributed by atoms with E-state index in [0.717, 1.165) is 11.1 Å². The van der Waals surface area contributed by atoms with E-state index >= 15 is 0 Å². The molecule has 2 aromatic heterocycles. The van der Waals surface area contributed by atoms with Crippen LogP contribution < -0.4 is 10.1 Å². The lowest BCUT2D eigenvalue weighted by Crippen LogP contribution is -2.39. The summed E-state index contributed by atoms with van der Waals surface area (Å²) in [4.78, 5) is 0. The molecule has 2 rings (SSSR count). The molecule has 0 radical (unpaired) electrons. The molecule has 0 aliphatic heterocycles. The molecule has 0 aliphatic rings. The molecule has 1 unspecified atom stereocenters. The van der Waals surface area contributed by atoms with Gasteiger partial charge in [-0.15, -0.1) is 15.3 Å². The van der Waals surface area contributed by atoms with Crippen LogP contribution in [0.15, 0.2) is 63.5 Å². The second kappa shape index (κ2) is 8.56. The van der Waals surface area contributed by atoms with E-state index in [2.05, 4.69) is 20.4 Å². The van der Waals surface area contributed by atoms with Crippen molar-refractivity contribution in [3.8, 4) is 0 Å². The maximum absolute atomic E-state index is 9.75. The summed E-state index contributed by atoms with van der Waals surface area (Å²) < 4.78 is 3.94.